The summed E-state index contributed by atoms with van der Waals surface area (Å²) in [6.45, 7) is 2.88. The Labute approximate surface area is 126 Å². The molecule has 1 atom stereocenters. The third-order valence-corrected chi connectivity index (χ3v) is 4.52. The zero-order valence-corrected chi connectivity index (χ0v) is 13.6. The zero-order chi connectivity index (χ0) is 13.7. The number of hydrogen-bond acceptors (Lipinski definition) is 3. The van der Waals surface area contributed by atoms with E-state index in [4.69, 9.17) is 4.74 Å². The number of hydrogen-bond donors (Lipinski definition) is 1. The molecule has 19 heavy (non-hydrogen) atoms. The SMILES string of the molecule is CCCOc1cccc(C(NC)c2ccc(Br)s2)c1. The number of thiophene rings is 1. The van der Waals surface area contributed by atoms with Crippen molar-refractivity contribution in [3.05, 3.63) is 50.6 Å². The van der Waals surface area contributed by atoms with E-state index in [1.807, 2.05) is 19.2 Å². The van der Waals surface area contributed by atoms with Gasteiger partial charge in [0.05, 0.1) is 16.4 Å². The quantitative estimate of drug-likeness (QED) is 0.829. The molecule has 0 radical (unpaired) electrons. The number of rotatable bonds is 6. The summed E-state index contributed by atoms with van der Waals surface area (Å²) in [5.74, 6) is 0.940. The predicted molar refractivity (Wildman–Crippen MR) is 85.1 cm³/mol. The van der Waals surface area contributed by atoms with Gasteiger partial charge in [0.25, 0.3) is 0 Å². The van der Waals surface area contributed by atoms with Crippen molar-refractivity contribution in [3.8, 4) is 5.75 Å². The molecular weight excluding hydrogens is 322 g/mol. The Balaban J connectivity index is 2.23. The van der Waals surface area contributed by atoms with Gasteiger partial charge in [-0.05, 0) is 59.2 Å². The lowest BCUT2D eigenvalue weighted by Gasteiger charge is -2.16. The van der Waals surface area contributed by atoms with Crippen molar-refractivity contribution < 1.29 is 4.74 Å². The lowest BCUT2D eigenvalue weighted by molar-refractivity contribution is 0.317. The average Bonchev–Trinajstić information content (AvgIpc) is 2.84. The summed E-state index contributed by atoms with van der Waals surface area (Å²) in [7, 11) is 1.98. The van der Waals surface area contributed by atoms with Gasteiger partial charge in [-0.1, -0.05) is 19.1 Å². The molecule has 2 nitrogen and oxygen atoms in total. The summed E-state index contributed by atoms with van der Waals surface area (Å²) >= 11 is 5.27. The average molecular weight is 340 g/mol. The van der Waals surface area contributed by atoms with Gasteiger partial charge >= 0.3 is 0 Å². The topological polar surface area (TPSA) is 21.3 Å². The minimum Gasteiger partial charge on any atom is -0.494 e. The van der Waals surface area contributed by atoms with E-state index in [0.29, 0.717) is 0 Å². The molecule has 0 fully saturated rings. The molecule has 4 heteroatoms. The fourth-order valence-electron chi connectivity index (χ4n) is 1.96. The van der Waals surface area contributed by atoms with E-state index < -0.39 is 0 Å². The van der Waals surface area contributed by atoms with Crippen LogP contribution < -0.4 is 10.1 Å². The Hall–Kier alpha value is -0.840. The highest BCUT2D eigenvalue weighted by molar-refractivity contribution is 9.11. The highest BCUT2D eigenvalue weighted by Crippen LogP contribution is 2.32. The van der Waals surface area contributed by atoms with Crippen molar-refractivity contribution in [1.29, 1.82) is 0 Å². The Kier molecular flexibility index (Phi) is 5.43. The smallest absolute Gasteiger partial charge is 0.119 e. The lowest BCUT2D eigenvalue weighted by atomic mass is 10.1. The Morgan fingerprint density at radius 3 is 2.79 bits per heavy atom. The van der Waals surface area contributed by atoms with Crippen LogP contribution in [0.3, 0.4) is 0 Å². The van der Waals surface area contributed by atoms with E-state index in [9.17, 15) is 0 Å². The second-order valence-electron chi connectivity index (χ2n) is 4.28. The van der Waals surface area contributed by atoms with Crippen LogP contribution in [0.4, 0.5) is 0 Å². The van der Waals surface area contributed by atoms with E-state index >= 15 is 0 Å². The summed E-state index contributed by atoms with van der Waals surface area (Å²) in [5.41, 5.74) is 1.23. The molecule has 0 saturated carbocycles. The van der Waals surface area contributed by atoms with Crippen LogP contribution in [0.5, 0.6) is 5.75 Å². The summed E-state index contributed by atoms with van der Waals surface area (Å²) in [6, 6.07) is 12.8. The molecule has 1 aromatic carbocycles. The summed E-state index contributed by atoms with van der Waals surface area (Å²) in [6.07, 6.45) is 1.03. The van der Waals surface area contributed by atoms with Crippen LogP contribution in [0, 0.1) is 0 Å². The van der Waals surface area contributed by atoms with E-state index in [2.05, 4.69) is 52.4 Å². The molecule has 0 aliphatic rings. The molecule has 1 unspecified atom stereocenters. The first-order valence-corrected chi connectivity index (χ1v) is 8.00. The molecule has 0 saturated heterocycles. The van der Waals surface area contributed by atoms with Crippen molar-refractivity contribution in [1.82, 2.24) is 5.32 Å². The minimum atomic E-state index is 0.210. The van der Waals surface area contributed by atoms with E-state index in [1.165, 1.54) is 10.4 Å². The molecule has 0 spiro atoms. The molecule has 2 aromatic rings. The van der Waals surface area contributed by atoms with Crippen LogP contribution in [-0.2, 0) is 0 Å². The predicted octanol–water partition coefficient (Wildman–Crippen LogP) is 4.61. The number of ether oxygens (including phenoxy) is 1. The summed E-state index contributed by atoms with van der Waals surface area (Å²) in [4.78, 5) is 1.29. The maximum absolute atomic E-state index is 5.70. The minimum absolute atomic E-state index is 0.210. The fraction of sp³-hybridized carbons (Fsp3) is 0.333. The van der Waals surface area contributed by atoms with Crippen LogP contribution in [0.25, 0.3) is 0 Å². The highest BCUT2D eigenvalue weighted by Gasteiger charge is 2.14. The molecule has 0 aliphatic heterocycles. The van der Waals surface area contributed by atoms with Gasteiger partial charge < -0.3 is 10.1 Å². The van der Waals surface area contributed by atoms with Gasteiger partial charge in [-0.3, -0.25) is 0 Å². The van der Waals surface area contributed by atoms with Gasteiger partial charge in [-0.15, -0.1) is 11.3 Å². The molecule has 0 amide bonds. The van der Waals surface area contributed by atoms with Crippen LogP contribution >= 0.6 is 27.3 Å². The Bertz CT molecular complexity index is 526. The van der Waals surface area contributed by atoms with Gasteiger partial charge in [0.15, 0.2) is 0 Å². The first-order valence-electron chi connectivity index (χ1n) is 6.40. The normalized spacial score (nSPS) is 12.4. The molecular formula is C15H18BrNOS. The molecule has 1 N–H and O–H groups in total. The fourth-order valence-corrected chi connectivity index (χ4v) is 3.52. The largest absolute Gasteiger partial charge is 0.494 e. The second kappa shape index (κ2) is 7.08. The second-order valence-corrected chi connectivity index (χ2v) is 6.78. The van der Waals surface area contributed by atoms with Gasteiger partial charge in [0.2, 0.25) is 0 Å². The van der Waals surface area contributed by atoms with Crippen molar-refractivity contribution >= 4 is 27.3 Å². The third kappa shape index (κ3) is 3.81. The van der Waals surface area contributed by atoms with Gasteiger partial charge in [-0.25, -0.2) is 0 Å². The van der Waals surface area contributed by atoms with Crippen LogP contribution in [-0.4, -0.2) is 13.7 Å². The van der Waals surface area contributed by atoms with Crippen molar-refractivity contribution in [2.45, 2.75) is 19.4 Å². The molecule has 0 aliphatic carbocycles. The van der Waals surface area contributed by atoms with Crippen LogP contribution in [0.2, 0.25) is 0 Å². The van der Waals surface area contributed by atoms with E-state index in [0.717, 1.165) is 22.6 Å². The molecule has 2 rings (SSSR count). The lowest BCUT2D eigenvalue weighted by Crippen LogP contribution is -2.16. The van der Waals surface area contributed by atoms with E-state index in [-0.39, 0.29) is 6.04 Å². The van der Waals surface area contributed by atoms with Crippen molar-refractivity contribution in [2.24, 2.45) is 0 Å². The van der Waals surface area contributed by atoms with Crippen LogP contribution in [0.1, 0.15) is 29.8 Å². The zero-order valence-electron chi connectivity index (χ0n) is 11.2. The van der Waals surface area contributed by atoms with Gasteiger partial charge in [0.1, 0.15) is 5.75 Å². The highest BCUT2D eigenvalue weighted by atomic mass is 79.9. The standard InChI is InChI=1S/C15H18BrNOS/c1-3-9-18-12-6-4-5-11(10-12)15(17-2)13-7-8-14(16)19-13/h4-8,10,15,17H,3,9H2,1-2H3. The monoisotopic (exact) mass is 339 g/mol. The number of nitrogens with one attached hydrogen (secondary N) is 1. The maximum atomic E-state index is 5.70. The molecule has 1 aromatic heterocycles. The van der Waals surface area contributed by atoms with Gasteiger partial charge in [0, 0.05) is 4.88 Å². The number of benzene rings is 1. The maximum Gasteiger partial charge on any atom is 0.119 e. The molecule has 1 heterocycles. The first kappa shape index (κ1) is 14.6. The molecule has 0 bridgehead atoms. The van der Waals surface area contributed by atoms with Crippen molar-refractivity contribution in [2.75, 3.05) is 13.7 Å². The van der Waals surface area contributed by atoms with Crippen LogP contribution in [0.15, 0.2) is 40.2 Å². The number of halogens is 1. The summed E-state index contributed by atoms with van der Waals surface area (Å²) < 4.78 is 6.85. The Morgan fingerprint density at radius 1 is 1.32 bits per heavy atom. The first-order chi connectivity index (χ1) is 9.24. The van der Waals surface area contributed by atoms with Gasteiger partial charge in [-0.2, -0.15) is 0 Å². The third-order valence-electron chi connectivity index (χ3n) is 2.83. The molecule has 102 valence electrons. The summed E-state index contributed by atoms with van der Waals surface area (Å²) in [5, 5.41) is 3.37. The van der Waals surface area contributed by atoms with E-state index in [1.54, 1.807) is 11.3 Å². The van der Waals surface area contributed by atoms with Crippen molar-refractivity contribution in [3.63, 3.8) is 0 Å². The Morgan fingerprint density at radius 2 is 2.16 bits per heavy atom.